The van der Waals surface area contributed by atoms with Crippen molar-refractivity contribution in [1.29, 1.82) is 0 Å². The van der Waals surface area contributed by atoms with Crippen LogP contribution in [0, 0.1) is 0 Å². The Morgan fingerprint density at radius 3 is 2.52 bits per heavy atom. The summed E-state index contributed by atoms with van der Waals surface area (Å²) in [5.74, 6) is -0.350. The van der Waals surface area contributed by atoms with E-state index in [9.17, 15) is 13.2 Å². The van der Waals surface area contributed by atoms with Crippen LogP contribution in [-0.2, 0) is 14.8 Å². The molecular weight excluding hydrogens is 380 g/mol. The van der Waals surface area contributed by atoms with Gasteiger partial charge in [-0.1, -0.05) is 46.3 Å². The van der Waals surface area contributed by atoms with Crippen molar-refractivity contribution in [3.8, 4) is 0 Å². The summed E-state index contributed by atoms with van der Waals surface area (Å²) < 4.78 is 26.6. The van der Waals surface area contributed by atoms with E-state index in [1.807, 2.05) is 42.5 Å². The van der Waals surface area contributed by atoms with Crippen molar-refractivity contribution in [2.75, 3.05) is 18.1 Å². The van der Waals surface area contributed by atoms with Gasteiger partial charge in [-0.2, -0.15) is 4.31 Å². The Hall–Kier alpha value is -1.70. The first-order valence-corrected chi connectivity index (χ1v) is 9.61. The van der Waals surface area contributed by atoms with Crippen LogP contribution >= 0.6 is 15.9 Å². The van der Waals surface area contributed by atoms with Crippen LogP contribution in [0.2, 0.25) is 0 Å². The van der Waals surface area contributed by atoms with Gasteiger partial charge in [-0.15, -0.1) is 0 Å². The highest BCUT2D eigenvalue weighted by Crippen LogP contribution is 2.38. The van der Waals surface area contributed by atoms with Crippen LogP contribution in [0.3, 0.4) is 0 Å². The van der Waals surface area contributed by atoms with Gasteiger partial charge in [-0.3, -0.25) is 4.79 Å². The number of hydrogen-bond donors (Lipinski definition) is 1. The molecule has 1 amide bonds. The molecule has 0 spiro atoms. The van der Waals surface area contributed by atoms with Crippen LogP contribution in [0.25, 0.3) is 0 Å². The number of hydrogen-bond acceptors (Lipinski definition) is 3. The van der Waals surface area contributed by atoms with Gasteiger partial charge in [0.25, 0.3) is 0 Å². The zero-order chi connectivity index (χ0) is 16.6. The fourth-order valence-corrected chi connectivity index (χ4v) is 4.09. The number of rotatable bonds is 2. The average Bonchev–Trinajstić information content (AvgIpc) is 2.63. The minimum atomic E-state index is -3.58. The molecule has 2 aromatic carbocycles. The van der Waals surface area contributed by atoms with Crippen molar-refractivity contribution < 1.29 is 13.2 Å². The molecule has 1 heterocycles. The first-order chi connectivity index (χ1) is 10.9. The van der Waals surface area contributed by atoms with E-state index in [1.165, 1.54) is 4.31 Å². The number of benzene rings is 2. The summed E-state index contributed by atoms with van der Waals surface area (Å²) in [6, 6.07) is 14.2. The average molecular weight is 395 g/mol. The van der Waals surface area contributed by atoms with E-state index in [2.05, 4.69) is 21.2 Å². The molecule has 5 nitrogen and oxygen atoms in total. The molecule has 0 saturated carbocycles. The van der Waals surface area contributed by atoms with E-state index >= 15 is 0 Å². The number of anilines is 1. The van der Waals surface area contributed by atoms with Crippen LogP contribution in [-0.4, -0.2) is 31.4 Å². The molecule has 1 aliphatic heterocycles. The standard InChI is InChI=1S/C16H15BrN2O3S/c1-23(21,22)19-10-15(20)18-14-8-7-12(17)9-13(14)16(19)11-5-3-2-4-6-11/h2-9,16H,10H2,1H3,(H,18,20). The van der Waals surface area contributed by atoms with Crippen LogP contribution in [0.5, 0.6) is 0 Å². The number of halogens is 1. The molecule has 120 valence electrons. The largest absolute Gasteiger partial charge is 0.325 e. The van der Waals surface area contributed by atoms with Crippen LogP contribution in [0.4, 0.5) is 5.69 Å². The molecule has 2 aromatic rings. The SMILES string of the molecule is CS(=O)(=O)N1CC(=O)Nc2ccc(Br)cc2C1c1ccccc1. The van der Waals surface area contributed by atoms with Gasteiger partial charge in [0.05, 0.1) is 18.8 Å². The van der Waals surface area contributed by atoms with Gasteiger partial charge in [0, 0.05) is 10.2 Å². The first-order valence-electron chi connectivity index (χ1n) is 6.97. The normalized spacial score (nSPS) is 18.9. The number of nitrogens with zero attached hydrogens (tertiary/aromatic N) is 1. The lowest BCUT2D eigenvalue weighted by Crippen LogP contribution is -2.38. The molecule has 1 N–H and O–H groups in total. The lowest BCUT2D eigenvalue weighted by Gasteiger charge is -2.28. The second kappa shape index (κ2) is 6.07. The molecule has 3 rings (SSSR count). The Balaban J connectivity index is 2.28. The molecule has 0 radical (unpaired) electrons. The van der Waals surface area contributed by atoms with Gasteiger partial charge in [0.1, 0.15) is 0 Å². The molecule has 1 atom stereocenters. The predicted molar refractivity (Wildman–Crippen MR) is 92.6 cm³/mol. The Labute approximate surface area is 143 Å². The van der Waals surface area contributed by atoms with Gasteiger partial charge in [0.2, 0.25) is 15.9 Å². The van der Waals surface area contributed by atoms with E-state index < -0.39 is 16.1 Å². The zero-order valence-corrected chi connectivity index (χ0v) is 14.8. The summed E-state index contributed by atoms with van der Waals surface area (Å²) >= 11 is 3.42. The number of sulfonamides is 1. The van der Waals surface area contributed by atoms with Crippen molar-refractivity contribution in [2.24, 2.45) is 0 Å². The lowest BCUT2D eigenvalue weighted by molar-refractivity contribution is -0.116. The van der Waals surface area contributed by atoms with E-state index in [0.717, 1.165) is 21.9 Å². The fourth-order valence-electron chi connectivity index (χ4n) is 2.74. The molecule has 0 saturated heterocycles. The second-order valence-corrected chi connectivity index (χ2v) is 8.25. The number of amides is 1. The van der Waals surface area contributed by atoms with Crippen molar-refractivity contribution in [1.82, 2.24) is 4.31 Å². The van der Waals surface area contributed by atoms with Gasteiger partial charge < -0.3 is 5.32 Å². The molecule has 0 bridgehead atoms. The minimum absolute atomic E-state index is 0.218. The molecule has 23 heavy (non-hydrogen) atoms. The molecule has 0 aromatic heterocycles. The minimum Gasteiger partial charge on any atom is -0.325 e. The Kier molecular flexibility index (Phi) is 4.27. The van der Waals surface area contributed by atoms with E-state index in [1.54, 1.807) is 6.07 Å². The third kappa shape index (κ3) is 3.31. The van der Waals surface area contributed by atoms with Gasteiger partial charge in [0.15, 0.2) is 0 Å². The highest BCUT2D eigenvalue weighted by Gasteiger charge is 2.35. The monoisotopic (exact) mass is 394 g/mol. The van der Waals surface area contributed by atoms with E-state index in [-0.39, 0.29) is 12.5 Å². The lowest BCUT2D eigenvalue weighted by atomic mass is 9.97. The maximum Gasteiger partial charge on any atom is 0.239 e. The number of carbonyl (C=O) groups excluding carboxylic acids is 1. The Bertz CT molecular complexity index is 853. The number of carbonyl (C=O) groups is 1. The van der Waals surface area contributed by atoms with Gasteiger partial charge in [-0.05, 0) is 29.3 Å². The zero-order valence-electron chi connectivity index (χ0n) is 12.4. The van der Waals surface area contributed by atoms with Crippen molar-refractivity contribution in [2.45, 2.75) is 6.04 Å². The summed E-state index contributed by atoms with van der Waals surface area (Å²) in [4.78, 5) is 12.1. The summed E-state index contributed by atoms with van der Waals surface area (Å²) in [5, 5.41) is 2.79. The van der Waals surface area contributed by atoms with Crippen molar-refractivity contribution >= 4 is 37.5 Å². The van der Waals surface area contributed by atoms with Crippen LogP contribution < -0.4 is 5.32 Å². The quantitative estimate of drug-likeness (QED) is 0.851. The summed E-state index contributed by atoms with van der Waals surface area (Å²) in [5.41, 5.74) is 2.17. The number of fused-ring (bicyclic) bond motifs is 1. The maximum atomic E-state index is 12.3. The molecule has 0 fully saturated rings. The maximum absolute atomic E-state index is 12.3. The summed E-state index contributed by atoms with van der Waals surface area (Å²) in [7, 11) is -3.58. The smallest absolute Gasteiger partial charge is 0.239 e. The van der Waals surface area contributed by atoms with Crippen molar-refractivity contribution in [3.63, 3.8) is 0 Å². The number of nitrogens with one attached hydrogen (secondary N) is 1. The Morgan fingerprint density at radius 2 is 1.87 bits per heavy atom. The first kappa shape index (κ1) is 16.2. The van der Waals surface area contributed by atoms with Crippen molar-refractivity contribution in [3.05, 3.63) is 64.1 Å². The molecule has 0 aliphatic carbocycles. The highest BCUT2D eigenvalue weighted by molar-refractivity contribution is 9.10. The fraction of sp³-hybridized carbons (Fsp3) is 0.188. The molecule has 1 aliphatic rings. The van der Waals surface area contributed by atoms with Gasteiger partial charge in [-0.25, -0.2) is 8.42 Å². The van der Waals surface area contributed by atoms with Crippen LogP contribution in [0.1, 0.15) is 17.2 Å². The van der Waals surface area contributed by atoms with E-state index in [4.69, 9.17) is 0 Å². The summed E-state index contributed by atoms with van der Waals surface area (Å²) in [6.07, 6.45) is 1.12. The molecule has 1 unspecified atom stereocenters. The second-order valence-electron chi connectivity index (χ2n) is 5.40. The third-order valence-corrected chi connectivity index (χ3v) is 5.40. The van der Waals surface area contributed by atoms with Gasteiger partial charge >= 0.3 is 0 Å². The van der Waals surface area contributed by atoms with E-state index in [0.29, 0.717) is 5.69 Å². The molecular formula is C16H15BrN2O3S. The topological polar surface area (TPSA) is 66.5 Å². The van der Waals surface area contributed by atoms with Crippen LogP contribution in [0.15, 0.2) is 53.0 Å². The Morgan fingerprint density at radius 1 is 1.17 bits per heavy atom. The predicted octanol–water partition coefficient (Wildman–Crippen LogP) is 2.75. The third-order valence-electron chi connectivity index (χ3n) is 3.71. The molecule has 7 heteroatoms. The highest BCUT2D eigenvalue weighted by atomic mass is 79.9. The summed E-state index contributed by atoms with van der Waals surface area (Å²) in [6.45, 7) is -0.218.